The molecule has 6 heteroatoms. The van der Waals surface area contributed by atoms with Crippen LogP contribution in [0.2, 0.25) is 0 Å². The zero-order chi connectivity index (χ0) is 38.2. The topological polar surface area (TPSA) is 35.6 Å². The normalized spacial score (nSPS) is 12.4. The quantitative estimate of drug-likeness (QED) is 0.164. The van der Waals surface area contributed by atoms with Crippen LogP contribution in [0.3, 0.4) is 0 Å². The van der Waals surface area contributed by atoms with Crippen LogP contribution in [0.4, 0.5) is 0 Å². The van der Waals surface area contributed by atoms with E-state index in [0.717, 1.165) is 44.8 Å². The largest absolute Gasteiger partial charge is 0.294 e. The van der Waals surface area contributed by atoms with Gasteiger partial charge < -0.3 is 0 Å². The molecule has 0 atom stereocenters. The van der Waals surface area contributed by atoms with Crippen LogP contribution >= 0.6 is 11.8 Å². The van der Waals surface area contributed by atoms with Gasteiger partial charge in [-0.3, -0.25) is 9.13 Å². The van der Waals surface area contributed by atoms with Crippen LogP contribution in [0.5, 0.6) is 0 Å². The number of hydrogen-bond acceptors (Lipinski definition) is 3. The van der Waals surface area contributed by atoms with Gasteiger partial charge >= 0.3 is 0 Å². The van der Waals surface area contributed by atoms with Crippen LogP contribution in [0, 0.1) is 0 Å². The standard InChI is InChI=1S/C52H33BN4S/c1-2-17-34(18-3-1)35-23-16-24-40(51(35)53-41-25-8-14-31-47(41)58-48-32-15-9-26-42(48)53)52-54-49(56-43-27-10-4-19-36(43)37-20-5-11-28-44(37)56)33-50(55-52)57-45-29-12-6-21-38(45)39-22-7-13-30-46(39)57/h1-33H. The third-order valence-corrected chi connectivity index (χ3v) is 12.9. The van der Waals surface area contributed by atoms with Gasteiger partial charge in [-0.2, -0.15) is 0 Å². The minimum absolute atomic E-state index is 0.0581. The van der Waals surface area contributed by atoms with Gasteiger partial charge in [0.15, 0.2) is 5.82 Å². The molecule has 4 heterocycles. The van der Waals surface area contributed by atoms with E-state index in [1.165, 1.54) is 53.3 Å². The molecule has 0 amide bonds. The van der Waals surface area contributed by atoms with E-state index in [1.807, 2.05) is 11.8 Å². The van der Waals surface area contributed by atoms with E-state index in [9.17, 15) is 0 Å². The molecule has 0 saturated heterocycles. The predicted molar refractivity (Wildman–Crippen MR) is 243 cm³/mol. The lowest BCUT2D eigenvalue weighted by molar-refractivity contribution is 0.995. The zero-order valence-corrected chi connectivity index (χ0v) is 32.1. The van der Waals surface area contributed by atoms with Crippen LogP contribution in [0.25, 0.3) is 77.8 Å². The molecule has 1 aliphatic rings. The SMILES string of the molecule is c1ccc(-c2cccc(-c3nc(-n4c5ccccc5c5ccccc54)cc(-n4c5ccccc5c5ccccc54)n3)c2B2c3ccccc3Sc3ccccc32)cc1. The van der Waals surface area contributed by atoms with Crippen LogP contribution in [0.15, 0.2) is 210 Å². The fourth-order valence-electron chi connectivity index (χ4n) is 9.27. The van der Waals surface area contributed by atoms with E-state index in [2.05, 4.69) is 209 Å². The summed E-state index contributed by atoms with van der Waals surface area (Å²) in [5.41, 5.74) is 11.5. The fourth-order valence-corrected chi connectivity index (χ4v) is 10.4. The molecule has 0 saturated carbocycles. The number of benzene rings is 8. The first-order chi connectivity index (χ1) is 28.8. The summed E-state index contributed by atoms with van der Waals surface area (Å²) in [6.45, 7) is -0.0581. The lowest BCUT2D eigenvalue weighted by atomic mass is 9.35. The third-order valence-electron chi connectivity index (χ3n) is 11.7. The lowest BCUT2D eigenvalue weighted by Crippen LogP contribution is -2.56. The van der Waals surface area contributed by atoms with Gasteiger partial charge in [-0.15, -0.1) is 0 Å². The van der Waals surface area contributed by atoms with Crippen molar-refractivity contribution >= 4 is 78.5 Å². The monoisotopic (exact) mass is 756 g/mol. The second kappa shape index (κ2) is 13.2. The number of aromatic nitrogens is 4. The Balaban J connectivity index is 1.22. The highest BCUT2D eigenvalue weighted by atomic mass is 32.2. The van der Waals surface area contributed by atoms with Gasteiger partial charge in [0, 0.05) is 43.0 Å². The highest BCUT2D eigenvalue weighted by molar-refractivity contribution is 8.00. The molecular formula is C52H33BN4S. The number of fused-ring (bicyclic) bond motifs is 8. The maximum Gasteiger partial charge on any atom is 0.245 e. The van der Waals surface area contributed by atoms with Crippen molar-refractivity contribution in [1.82, 2.24) is 19.1 Å². The van der Waals surface area contributed by atoms with Gasteiger partial charge in [-0.05, 0) is 47.5 Å². The molecule has 8 aromatic carbocycles. The first-order valence-corrected chi connectivity index (χ1v) is 20.5. The molecule has 0 bridgehead atoms. The molecule has 0 radical (unpaired) electrons. The Morgan fingerprint density at radius 1 is 0.379 bits per heavy atom. The third kappa shape index (κ3) is 5.05. The van der Waals surface area contributed by atoms with Crippen LogP contribution < -0.4 is 16.4 Å². The molecule has 58 heavy (non-hydrogen) atoms. The highest BCUT2D eigenvalue weighted by Gasteiger charge is 2.35. The van der Waals surface area contributed by atoms with E-state index in [0.29, 0.717) is 5.82 Å². The van der Waals surface area contributed by atoms with E-state index in [1.54, 1.807) is 0 Å². The molecule has 4 nitrogen and oxygen atoms in total. The number of para-hydroxylation sites is 4. The van der Waals surface area contributed by atoms with E-state index in [-0.39, 0.29) is 6.71 Å². The average Bonchev–Trinajstić information content (AvgIpc) is 3.81. The Morgan fingerprint density at radius 2 is 0.793 bits per heavy atom. The molecule has 12 rings (SSSR count). The summed E-state index contributed by atoms with van der Waals surface area (Å²) >= 11 is 1.85. The second-order valence-electron chi connectivity index (χ2n) is 14.9. The molecule has 11 aromatic rings. The first-order valence-electron chi connectivity index (χ1n) is 19.7. The molecule has 270 valence electrons. The molecule has 0 aliphatic carbocycles. The van der Waals surface area contributed by atoms with Gasteiger partial charge in [0.1, 0.15) is 11.6 Å². The van der Waals surface area contributed by atoms with Crippen LogP contribution in [0.1, 0.15) is 0 Å². The maximum absolute atomic E-state index is 5.65. The Kier molecular flexibility index (Phi) is 7.53. The van der Waals surface area contributed by atoms with Gasteiger partial charge in [-0.25, -0.2) is 9.97 Å². The maximum atomic E-state index is 5.65. The smallest absolute Gasteiger partial charge is 0.245 e. The minimum Gasteiger partial charge on any atom is -0.294 e. The predicted octanol–water partition coefficient (Wildman–Crippen LogP) is 11.0. The first kappa shape index (κ1) is 33.0. The molecule has 0 unspecified atom stereocenters. The van der Waals surface area contributed by atoms with Crippen molar-refractivity contribution in [2.45, 2.75) is 9.79 Å². The van der Waals surface area contributed by atoms with E-state index < -0.39 is 0 Å². The van der Waals surface area contributed by atoms with Crippen molar-refractivity contribution in [2.75, 3.05) is 0 Å². The number of rotatable bonds is 5. The fraction of sp³-hybridized carbons (Fsp3) is 0. The Hall–Kier alpha value is -7.15. The molecule has 0 N–H and O–H groups in total. The van der Waals surface area contributed by atoms with Crippen LogP contribution in [-0.2, 0) is 0 Å². The van der Waals surface area contributed by atoms with Crippen LogP contribution in [-0.4, -0.2) is 25.8 Å². The Labute approximate surface area is 340 Å². The lowest BCUT2D eigenvalue weighted by Gasteiger charge is -2.29. The molecule has 0 fully saturated rings. The summed E-state index contributed by atoms with van der Waals surface area (Å²) in [5, 5.41) is 4.76. The van der Waals surface area contributed by atoms with Gasteiger partial charge in [0.05, 0.1) is 22.1 Å². The Bertz CT molecular complexity index is 3120. The molecule has 1 aliphatic heterocycles. The molecule has 3 aromatic heterocycles. The summed E-state index contributed by atoms with van der Waals surface area (Å²) in [7, 11) is 0. The minimum atomic E-state index is -0.0581. The summed E-state index contributed by atoms with van der Waals surface area (Å²) < 4.78 is 4.63. The second-order valence-corrected chi connectivity index (χ2v) is 16.0. The summed E-state index contributed by atoms with van der Waals surface area (Å²) in [6, 6.07) is 72.0. The van der Waals surface area contributed by atoms with Crippen molar-refractivity contribution < 1.29 is 0 Å². The zero-order valence-electron chi connectivity index (χ0n) is 31.3. The van der Waals surface area contributed by atoms with E-state index >= 15 is 0 Å². The average molecular weight is 757 g/mol. The molecule has 0 spiro atoms. The van der Waals surface area contributed by atoms with Crippen molar-refractivity contribution in [1.29, 1.82) is 0 Å². The number of hydrogen-bond donors (Lipinski definition) is 0. The van der Waals surface area contributed by atoms with Crippen molar-refractivity contribution in [3.8, 4) is 34.2 Å². The number of nitrogens with zero attached hydrogens (tertiary/aromatic N) is 4. The van der Waals surface area contributed by atoms with Gasteiger partial charge in [-0.1, -0.05) is 186 Å². The summed E-state index contributed by atoms with van der Waals surface area (Å²) in [4.78, 5) is 13.8. The Morgan fingerprint density at radius 3 is 1.29 bits per heavy atom. The van der Waals surface area contributed by atoms with Gasteiger partial charge in [0.25, 0.3) is 0 Å². The highest BCUT2D eigenvalue weighted by Crippen LogP contribution is 2.37. The summed E-state index contributed by atoms with van der Waals surface area (Å²) in [6.07, 6.45) is 0. The van der Waals surface area contributed by atoms with Crippen molar-refractivity contribution in [3.63, 3.8) is 0 Å². The van der Waals surface area contributed by atoms with Crippen molar-refractivity contribution in [3.05, 3.63) is 200 Å². The van der Waals surface area contributed by atoms with Crippen molar-refractivity contribution in [2.24, 2.45) is 0 Å². The van der Waals surface area contributed by atoms with Gasteiger partial charge in [0.2, 0.25) is 6.71 Å². The summed E-state index contributed by atoms with van der Waals surface area (Å²) in [5.74, 6) is 2.31. The molecular weight excluding hydrogens is 723 g/mol. The van der Waals surface area contributed by atoms with E-state index in [4.69, 9.17) is 9.97 Å².